The van der Waals surface area contributed by atoms with E-state index in [1.165, 1.54) is 6.42 Å². The molecule has 0 radical (unpaired) electrons. The lowest BCUT2D eigenvalue weighted by Crippen LogP contribution is -2.64. The largest absolute Gasteiger partial charge is 0.393 e. The van der Waals surface area contributed by atoms with E-state index in [1.807, 2.05) is 0 Å². The summed E-state index contributed by atoms with van der Waals surface area (Å²) in [5.41, 5.74) is 5.66. The van der Waals surface area contributed by atoms with Crippen LogP contribution in [0.1, 0.15) is 78.6 Å². The minimum atomic E-state index is -0.735. The normalized spacial score (nSPS) is 49.0. The molecule has 4 rings (SSSR count). The molecule has 0 heterocycles. The molecule has 0 saturated heterocycles. The van der Waals surface area contributed by atoms with Crippen LogP contribution in [-0.2, 0) is 4.79 Å². The summed E-state index contributed by atoms with van der Waals surface area (Å²) in [6.07, 6.45) is 6.57. The van der Waals surface area contributed by atoms with Crippen molar-refractivity contribution in [1.29, 1.82) is 0 Å². The van der Waals surface area contributed by atoms with Gasteiger partial charge in [0.25, 0.3) is 0 Å². The minimum absolute atomic E-state index is 0.00462. The predicted octanol–water partition coefficient (Wildman–Crippen LogP) is 2.44. The van der Waals surface area contributed by atoms with Crippen molar-refractivity contribution in [3.05, 3.63) is 0 Å². The molecule has 6 nitrogen and oxygen atoms in total. The molecule has 11 atom stereocenters. The fourth-order valence-corrected chi connectivity index (χ4v) is 9.07. The van der Waals surface area contributed by atoms with Crippen LogP contribution in [-0.4, -0.2) is 52.6 Å². The van der Waals surface area contributed by atoms with Crippen molar-refractivity contribution in [3.63, 3.8) is 0 Å². The zero-order valence-corrected chi connectivity index (χ0v) is 20.3. The van der Waals surface area contributed by atoms with Crippen molar-refractivity contribution in [2.75, 3.05) is 13.1 Å². The third-order valence-electron chi connectivity index (χ3n) is 10.8. The van der Waals surface area contributed by atoms with Crippen LogP contribution in [0, 0.1) is 46.3 Å². The van der Waals surface area contributed by atoms with E-state index in [2.05, 4.69) is 26.1 Å². The van der Waals surface area contributed by atoms with E-state index in [9.17, 15) is 20.1 Å². The van der Waals surface area contributed by atoms with E-state index in [0.29, 0.717) is 49.6 Å². The highest BCUT2D eigenvalue weighted by Gasteiger charge is 2.65. The molecule has 0 bridgehead atoms. The second kappa shape index (κ2) is 9.16. The SMILES string of the molecule is CC(CCC(=O)NCCN)C1CCC2C3C(O)C(O)C4CC(O)CCC4(C)C3CCC12C. The summed E-state index contributed by atoms with van der Waals surface area (Å²) >= 11 is 0. The summed E-state index contributed by atoms with van der Waals surface area (Å²) in [7, 11) is 0. The number of carbonyl (C=O) groups is 1. The number of fused-ring (bicyclic) bond motifs is 5. The Morgan fingerprint density at radius 2 is 1.69 bits per heavy atom. The van der Waals surface area contributed by atoms with Crippen LogP contribution >= 0.6 is 0 Å². The van der Waals surface area contributed by atoms with Crippen molar-refractivity contribution in [1.82, 2.24) is 5.32 Å². The van der Waals surface area contributed by atoms with Gasteiger partial charge in [0.1, 0.15) is 0 Å². The summed E-state index contributed by atoms with van der Waals surface area (Å²) in [5.74, 6) is 2.10. The molecule has 0 spiro atoms. The van der Waals surface area contributed by atoms with Gasteiger partial charge in [-0.15, -0.1) is 0 Å². The average Bonchev–Trinajstić information content (AvgIpc) is 3.12. The summed E-state index contributed by atoms with van der Waals surface area (Å²) < 4.78 is 0. The van der Waals surface area contributed by atoms with E-state index in [-0.39, 0.29) is 34.7 Å². The maximum absolute atomic E-state index is 12.1. The molecular formula is C26H46N2O4. The van der Waals surface area contributed by atoms with Gasteiger partial charge in [-0.05, 0) is 97.7 Å². The zero-order chi connectivity index (χ0) is 23.3. The van der Waals surface area contributed by atoms with Gasteiger partial charge in [-0.3, -0.25) is 4.79 Å². The number of carbonyl (C=O) groups excluding carboxylic acids is 1. The highest BCUT2D eigenvalue weighted by molar-refractivity contribution is 5.75. The summed E-state index contributed by atoms with van der Waals surface area (Å²) in [5, 5.41) is 35.7. The van der Waals surface area contributed by atoms with Gasteiger partial charge < -0.3 is 26.4 Å². The lowest BCUT2D eigenvalue weighted by molar-refractivity contribution is -0.223. The van der Waals surface area contributed by atoms with Crippen molar-refractivity contribution >= 4 is 5.91 Å². The highest BCUT2D eigenvalue weighted by atomic mass is 16.3. The highest BCUT2D eigenvalue weighted by Crippen LogP contribution is 2.68. The molecule has 4 aliphatic rings. The van der Waals surface area contributed by atoms with Crippen LogP contribution in [0.25, 0.3) is 0 Å². The van der Waals surface area contributed by atoms with Crippen LogP contribution in [0.5, 0.6) is 0 Å². The van der Waals surface area contributed by atoms with Gasteiger partial charge in [0.05, 0.1) is 18.3 Å². The number of aliphatic hydroxyl groups excluding tert-OH is 3. The Balaban J connectivity index is 1.49. The van der Waals surface area contributed by atoms with Gasteiger partial charge in [-0.1, -0.05) is 20.8 Å². The molecule has 32 heavy (non-hydrogen) atoms. The second-order valence-corrected chi connectivity index (χ2v) is 12.2. The first-order chi connectivity index (χ1) is 15.1. The molecule has 6 N–H and O–H groups in total. The summed E-state index contributed by atoms with van der Waals surface area (Å²) in [6, 6.07) is 0. The number of hydrogen-bond donors (Lipinski definition) is 5. The molecule has 0 aromatic heterocycles. The number of aliphatic hydroxyl groups is 3. The minimum Gasteiger partial charge on any atom is -0.393 e. The Kier molecular flexibility index (Phi) is 7.00. The summed E-state index contributed by atoms with van der Waals surface area (Å²) in [4.78, 5) is 12.1. The van der Waals surface area contributed by atoms with Gasteiger partial charge in [0.2, 0.25) is 5.91 Å². The topological polar surface area (TPSA) is 116 Å². The van der Waals surface area contributed by atoms with E-state index in [0.717, 1.165) is 38.5 Å². The molecule has 0 aromatic rings. The van der Waals surface area contributed by atoms with Crippen molar-refractivity contribution in [2.24, 2.45) is 52.1 Å². The molecule has 1 amide bonds. The number of amides is 1. The van der Waals surface area contributed by atoms with Crippen LogP contribution in [0.15, 0.2) is 0 Å². The Morgan fingerprint density at radius 1 is 1.00 bits per heavy atom. The van der Waals surface area contributed by atoms with Crippen LogP contribution in [0.2, 0.25) is 0 Å². The molecular weight excluding hydrogens is 404 g/mol. The van der Waals surface area contributed by atoms with Gasteiger partial charge in [-0.2, -0.15) is 0 Å². The van der Waals surface area contributed by atoms with Crippen molar-refractivity contribution in [2.45, 2.75) is 96.9 Å². The third kappa shape index (κ3) is 3.93. The standard InChI is InChI=1S/C26H46N2O4/c1-15(4-7-21(30)28-13-12-27)17-5-6-18-22-19(9-11-25(17,18)2)26(3)10-8-16(29)14-20(26)23(31)24(22)32/h15-20,22-24,29,31-32H,4-14,27H2,1-3H3,(H,28,30). The van der Waals surface area contributed by atoms with Crippen LogP contribution < -0.4 is 11.1 Å². The van der Waals surface area contributed by atoms with Crippen molar-refractivity contribution < 1.29 is 20.1 Å². The second-order valence-electron chi connectivity index (χ2n) is 12.2. The molecule has 11 unspecified atom stereocenters. The third-order valence-corrected chi connectivity index (χ3v) is 10.8. The molecule has 0 aromatic carbocycles. The number of nitrogens with one attached hydrogen (secondary N) is 1. The van der Waals surface area contributed by atoms with Gasteiger partial charge in [-0.25, -0.2) is 0 Å². The Bertz CT molecular complexity index is 689. The molecule has 4 saturated carbocycles. The fraction of sp³-hybridized carbons (Fsp3) is 0.962. The molecule has 6 heteroatoms. The maximum Gasteiger partial charge on any atom is 0.220 e. The van der Waals surface area contributed by atoms with E-state index < -0.39 is 12.2 Å². The summed E-state index contributed by atoms with van der Waals surface area (Å²) in [6.45, 7) is 8.06. The monoisotopic (exact) mass is 450 g/mol. The molecule has 4 aliphatic carbocycles. The Morgan fingerprint density at radius 3 is 2.41 bits per heavy atom. The maximum atomic E-state index is 12.1. The number of nitrogens with two attached hydrogens (primary N) is 1. The van der Waals surface area contributed by atoms with Gasteiger partial charge in [0.15, 0.2) is 0 Å². The number of hydrogen-bond acceptors (Lipinski definition) is 5. The lowest BCUT2D eigenvalue weighted by Gasteiger charge is -2.63. The van der Waals surface area contributed by atoms with Crippen LogP contribution in [0.4, 0.5) is 0 Å². The Labute approximate surface area is 193 Å². The number of rotatable bonds is 6. The Hall–Kier alpha value is -0.690. The molecule has 0 aliphatic heterocycles. The first-order valence-corrected chi connectivity index (χ1v) is 13.1. The van der Waals surface area contributed by atoms with E-state index in [1.54, 1.807) is 0 Å². The molecule has 184 valence electrons. The smallest absolute Gasteiger partial charge is 0.220 e. The first-order valence-electron chi connectivity index (χ1n) is 13.1. The van der Waals surface area contributed by atoms with Crippen LogP contribution in [0.3, 0.4) is 0 Å². The fourth-order valence-electron chi connectivity index (χ4n) is 9.07. The van der Waals surface area contributed by atoms with Crippen molar-refractivity contribution in [3.8, 4) is 0 Å². The predicted molar refractivity (Wildman–Crippen MR) is 124 cm³/mol. The van der Waals surface area contributed by atoms with E-state index in [4.69, 9.17) is 5.73 Å². The quantitative estimate of drug-likeness (QED) is 0.426. The first kappa shape index (κ1) is 24.4. The van der Waals surface area contributed by atoms with E-state index >= 15 is 0 Å². The molecule has 4 fully saturated rings. The zero-order valence-electron chi connectivity index (χ0n) is 20.3. The van der Waals surface area contributed by atoms with Gasteiger partial charge in [0, 0.05) is 19.5 Å². The lowest BCUT2D eigenvalue weighted by atomic mass is 9.43. The van der Waals surface area contributed by atoms with Gasteiger partial charge >= 0.3 is 0 Å². The average molecular weight is 451 g/mol.